The second-order valence-electron chi connectivity index (χ2n) is 17.2. The van der Waals surface area contributed by atoms with Gasteiger partial charge in [-0.1, -0.05) is 0 Å². The fraction of sp³-hybridized carbons (Fsp3) is 0.212. The van der Waals surface area contributed by atoms with Crippen molar-refractivity contribution in [2.75, 3.05) is 0 Å². The number of benzene rings is 6. The fourth-order valence-corrected chi connectivity index (χ4v) is 18.0. The topological polar surface area (TPSA) is 0 Å². The third-order valence-corrected chi connectivity index (χ3v) is 20.1. The Morgan fingerprint density at radius 3 is 1.46 bits per heavy atom. The zero-order chi connectivity index (χ0) is 38.5. The molecule has 2 aliphatic rings. The minimum Gasteiger partial charge on any atom is -0.147 e. The van der Waals surface area contributed by atoms with Crippen LogP contribution in [-0.4, -0.2) is 3.21 Å². The van der Waals surface area contributed by atoms with Crippen molar-refractivity contribution in [2.45, 2.75) is 68.8 Å². The van der Waals surface area contributed by atoms with E-state index in [1.807, 2.05) is 24.3 Å². The summed E-state index contributed by atoms with van der Waals surface area (Å²) in [5.74, 6) is 0. The molecule has 6 aromatic carbocycles. The summed E-state index contributed by atoms with van der Waals surface area (Å²) < 4.78 is 3.58. The molecule has 0 radical (unpaired) electrons. The molecular weight excluding hydrogens is 858 g/mol. The Hall–Kier alpha value is -3.29. The molecule has 0 aliphatic heterocycles. The number of fused-ring (bicyclic) bond motifs is 3. The van der Waals surface area contributed by atoms with E-state index in [0.717, 1.165) is 22.9 Å². The van der Waals surface area contributed by atoms with Crippen molar-refractivity contribution in [3.05, 3.63) is 198 Å². The number of halogens is 4. The van der Waals surface area contributed by atoms with Gasteiger partial charge >= 0.3 is 348 Å². The average Bonchev–Trinajstić information content (AvgIpc) is 3.81. The second-order valence-corrected chi connectivity index (χ2v) is 24.5. The summed E-state index contributed by atoms with van der Waals surface area (Å²) in [7, 11) is 0. The van der Waals surface area contributed by atoms with E-state index < -0.39 is 21.3 Å². The Balaban J connectivity index is 0.00000275. The molecule has 0 saturated heterocycles. The summed E-state index contributed by atoms with van der Waals surface area (Å²) >= 11 is 10.1. The predicted molar refractivity (Wildman–Crippen MR) is 249 cm³/mol. The van der Waals surface area contributed by atoms with Gasteiger partial charge in [-0.05, 0) is 0 Å². The van der Waals surface area contributed by atoms with Gasteiger partial charge in [0.1, 0.15) is 0 Å². The monoisotopic (exact) mass is 904 g/mol. The number of hydrogen-bond acceptors (Lipinski definition) is 0. The van der Waals surface area contributed by atoms with E-state index in [1.54, 1.807) is 6.49 Å². The zero-order valence-electron chi connectivity index (χ0n) is 33.5. The van der Waals surface area contributed by atoms with E-state index in [4.69, 9.17) is 23.2 Å². The van der Waals surface area contributed by atoms with Gasteiger partial charge < -0.3 is 0 Å². The summed E-state index contributed by atoms with van der Waals surface area (Å²) in [5.41, 5.74) is 16.1. The number of hydrogen-bond donors (Lipinski definition) is 0. The Morgan fingerprint density at radius 2 is 1.04 bits per heavy atom. The smallest absolute Gasteiger partial charge is 0.147 e. The SMILES string of the molecule is CC(C)(C)c1cc2c(cc1-c1ccc(Cl)cc1)[CH](/[Zr]([C]1=CC=CC1)=[C](\Cc1ccccc1)c1ccccc1)c1cc(-c3ccc(Cl)cc3)c(C(C)(C)C)cc1-2.Cl.Cl. The number of allylic oxidation sites excluding steroid dienone is 4. The van der Waals surface area contributed by atoms with Crippen LogP contribution in [0.2, 0.25) is 10.0 Å². The molecule has 0 heterocycles. The molecule has 0 N–H and O–H groups in total. The zero-order valence-corrected chi connectivity index (χ0v) is 39.1. The van der Waals surface area contributed by atoms with Gasteiger partial charge in [-0.2, -0.15) is 0 Å². The summed E-state index contributed by atoms with van der Waals surface area (Å²) in [6, 6.07) is 49.7. The van der Waals surface area contributed by atoms with Crippen LogP contribution in [0.3, 0.4) is 0 Å². The van der Waals surface area contributed by atoms with Gasteiger partial charge in [0.05, 0.1) is 0 Å². The maximum atomic E-state index is 6.49. The molecule has 0 spiro atoms. The van der Waals surface area contributed by atoms with Gasteiger partial charge in [0.25, 0.3) is 0 Å². The molecule has 0 aromatic heterocycles. The van der Waals surface area contributed by atoms with Crippen molar-refractivity contribution in [3.63, 3.8) is 0 Å². The molecule has 0 nitrogen and oxygen atoms in total. The first-order chi connectivity index (χ1) is 26.4. The molecule has 0 bridgehead atoms. The maximum Gasteiger partial charge on any atom is -0.147 e. The molecule has 0 unspecified atom stereocenters. The van der Waals surface area contributed by atoms with Crippen LogP contribution in [0.1, 0.15) is 85.0 Å². The Morgan fingerprint density at radius 1 is 0.579 bits per heavy atom. The van der Waals surface area contributed by atoms with Gasteiger partial charge in [0.15, 0.2) is 0 Å². The van der Waals surface area contributed by atoms with Gasteiger partial charge in [-0.3, -0.25) is 0 Å². The van der Waals surface area contributed by atoms with Crippen LogP contribution in [0.4, 0.5) is 0 Å². The maximum absolute atomic E-state index is 6.49. The van der Waals surface area contributed by atoms with Crippen LogP contribution >= 0.6 is 48.0 Å². The fourth-order valence-electron chi connectivity index (χ4n) is 8.63. The van der Waals surface area contributed by atoms with Crippen LogP contribution in [0.15, 0.2) is 155 Å². The minimum absolute atomic E-state index is 0. The Bertz CT molecular complexity index is 2370. The van der Waals surface area contributed by atoms with Crippen molar-refractivity contribution in [1.29, 1.82) is 0 Å². The molecule has 0 atom stereocenters. The molecule has 0 saturated carbocycles. The minimum atomic E-state index is -2.90. The average molecular weight is 908 g/mol. The van der Waals surface area contributed by atoms with Crippen LogP contribution < -0.4 is 0 Å². The third kappa shape index (κ3) is 8.86. The van der Waals surface area contributed by atoms with Crippen molar-refractivity contribution < 1.29 is 21.3 Å². The normalized spacial score (nSPS) is 13.9. The molecule has 57 heavy (non-hydrogen) atoms. The van der Waals surface area contributed by atoms with Gasteiger partial charge in [-0.15, -0.1) is 24.8 Å². The van der Waals surface area contributed by atoms with Gasteiger partial charge in [0.2, 0.25) is 0 Å². The number of rotatable bonds is 7. The first-order valence-electron chi connectivity index (χ1n) is 19.4. The summed E-state index contributed by atoms with van der Waals surface area (Å²) in [6.07, 6.45) is 9.14. The van der Waals surface area contributed by atoms with Crippen LogP contribution in [-0.2, 0) is 38.5 Å². The van der Waals surface area contributed by atoms with Crippen LogP contribution in [0, 0.1) is 0 Å². The molecule has 8 rings (SSSR count). The standard InChI is InChI=1S/C33H31Cl2.C14H12.C5H5.2ClH.Zr/c1-32(2,3)30-18-26-22(16-28(30)20-7-11-24(34)12-8-20)15-23-17-29(21-9-13-25(35)14-10-21)31(19-27(23)26)33(4,5)6;1-3-7-13(8-4-1)11-12-14-9-5-2-6-10-14;1-2-4-5-3-1;;;/h7-19H,1-6H3;1-10H,11H2;1-3H,4H2;2*1H;. The van der Waals surface area contributed by atoms with Crippen molar-refractivity contribution in [3.8, 4) is 33.4 Å². The van der Waals surface area contributed by atoms with Crippen molar-refractivity contribution >= 4 is 51.2 Å². The van der Waals surface area contributed by atoms with Crippen LogP contribution in [0.5, 0.6) is 0 Å². The quantitative estimate of drug-likeness (QED) is 0.150. The van der Waals surface area contributed by atoms with Crippen molar-refractivity contribution in [2.24, 2.45) is 0 Å². The predicted octanol–water partition coefficient (Wildman–Crippen LogP) is 15.8. The van der Waals surface area contributed by atoms with E-state index in [2.05, 4.69) is 169 Å². The molecular formula is C52H50Cl4Zr. The molecule has 0 amide bonds. The van der Waals surface area contributed by atoms with Gasteiger partial charge in [-0.25, -0.2) is 0 Å². The first kappa shape index (κ1) is 43.3. The van der Waals surface area contributed by atoms with E-state index >= 15 is 0 Å². The largest absolute Gasteiger partial charge is 0.147 e. The van der Waals surface area contributed by atoms with Crippen molar-refractivity contribution in [1.82, 2.24) is 0 Å². The summed E-state index contributed by atoms with van der Waals surface area (Å²) in [4.78, 5) is 0. The van der Waals surface area contributed by atoms with E-state index in [9.17, 15) is 0 Å². The molecule has 2 aliphatic carbocycles. The molecule has 6 aromatic rings. The van der Waals surface area contributed by atoms with E-state index in [0.29, 0.717) is 0 Å². The summed E-state index contributed by atoms with van der Waals surface area (Å²) in [5, 5.41) is 1.52. The van der Waals surface area contributed by atoms with Gasteiger partial charge in [0, 0.05) is 0 Å². The first-order valence-corrected chi connectivity index (χ1v) is 24.1. The van der Waals surface area contributed by atoms with E-state index in [1.165, 1.54) is 66.8 Å². The molecule has 290 valence electrons. The third-order valence-electron chi connectivity index (χ3n) is 11.3. The Labute approximate surface area is 370 Å². The Kier molecular flexibility index (Phi) is 13.3. The molecule has 0 fully saturated rings. The molecule has 5 heteroatoms. The van der Waals surface area contributed by atoms with Crippen LogP contribution in [0.25, 0.3) is 33.4 Å². The second kappa shape index (κ2) is 17.5. The summed E-state index contributed by atoms with van der Waals surface area (Å²) in [6.45, 7) is 14.1. The van der Waals surface area contributed by atoms with E-state index in [-0.39, 0.29) is 39.3 Å².